The van der Waals surface area contributed by atoms with E-state index in [4.69, 9.17) is 0 Å². The number of benzene rings is 1. The van der Waals surface area contributed by atoms with Crippen molar-refractivity contribution in [2.75, 3.05) is 13.1 Å². The van der Waals surface area contributed by atoms with Crippen LogP contribution in [-0.2, 0) is 10.0 Å². The first-order valence-corrected chi connectivity index (χ1v) is 8.11. The number of rotatable bonds is 2. The van der Waals surface area contributed by atoms with Crippen molar-refractivity contribution in [2.24, 2.45) is 0 Å². The maximum atomic E-state index is 13.2. The Morgan fingerprint density at radius 3 is 2.33 bits per heavy atom. The summed E-state index contributed by atoms with van der Waals surface area (Å²) in [6.45, 7) is 0.742. The van der Waals surface area contributed by atoms with Gasteiger partial charge in [-0.3, -0.25) is 0 Å². The number of hydrogen-bond acceptors (Lipinski definition) is 3. The van der Waals surface area contributed by atoms with Crippen molar-refractivity contribution in [1.82, 2.24) is 9.62 Å². The molecule has 0 amide bonds. The van der Waals surface area contributed by atoms with Crippen molar-refractivity contribution in [1.29, 1.82) is 0 Å². The van der Waals surface area contributed by atoms with E-state index in [1.807, 2.05) is 0 Å². The molecule has 3 rings (SSSR count). The summed E-state index contributed by atoms with van der Waals surface area (Å²) in [4.78, 5) is -0.312. The van der Waals surface area contributed by atoms with Crippen LogP contribution in [0.1, 0.15) is 19.3 Å². The van der Waals surface area contributed by atoms with Crippen molar-refractivity contribution in [3.63, 3.8) is 0 Å². The Kier molecular flexibility index (Phi) is 4.87. The fraction of sp³-hybridized carbons (Fsp3) is 0.538. The minimum Gasteiger partial charge on any atom is -0.310 e. The van der Waals surface area contributed by atoms with E-state index in [0.717, 1.165) is 31.4 Å². The van der Waals surface area contributed by atoms with Gasteiger partial charge < -0.3 is 5.32 Å². The van der Waals surface area contributed by atoms with E-state index in [2.05, 4.69) is 5.32 Å². The third-order valence-electron chi connectivity index (χ3n) is 3.96. The van der Waals surface area contributed by atoms with E-state index in [-0.39, 0.29) is 23.3 Å². The molecule has 0 saturated carbocycles. The summed E-state index contributed by atoms with van der Waals surface area (Å²) in [7, 11) is -3.84. The highest BCUT2D eigenvalue weighted by molar-refractivity contribution is 7.89. The summed E-state index contributed by atoms with van der Waals surface area (Å²) in [6, 6.07) is 2.90. The highest BCUT2D eigenvalue weighted by atomic mass is 35.5. The molecule has 2 atom stereocenters. The number of nitrogens with zero attached hydrogens (tertiary/aromatic N) is 1. The lowest BCUT2D eigenvalue weighted by molar-refractivity contribution is 0.383. The normalized spacial score (nSPS) is 26.2. The van der Waals surface area contributed by atoms with Gasteiger partial charge in [0.15, 0.2) is 0 Å². The van der Waals surface area contributed by atoms with Gasteiger partial charge in [-0.2, -0.15) is 4.31 Å². The molecule has 0 radical (unpaired) electrons. The first kappa shape index (κ1) is 16.6. The number of fused-ring (bicyclic) bond motifs is 2. The molecule has 118 valence electrons. The third kappa shape index (κ3) is 3.36. The van der Waals surface area contributed by atoms with Gasteiger partial charge in [0.05, 0.1) is 4.90 Å². The van der Waals surface area contributed by atoms with Crippen LogP contribution in [-0.4, -0.2) is 37.9 Å². The monoisotopic (exact) mass is 338 g/mol. The van der Waals surface area contributed by atoms with Gasteiger partial charge >= 0.3 is 0 Å². The summed E-state index contributed by atoms with van der Waals surface area (Å²) >= 11 is 0. The van der Waals surface area contributed by atoms with E-state index in [0.29, 0.717) is 25.2 Å². The van der Waals surface area contributed by atoms with E-state index >= 15 is 0 Å². The summed E-state index contributed by atoms with van der Waals surface area (Å²) < 4.78 is 52.7. The second-order valence-electron chi connectivity index (χ2n) is 5.39. The average molecular weight is 339 g/mol. The summed E-state index contributed by atoms with van der Waals surface area (Å²) in [5.74, 6) is -1.75. The van der Waals surface area contributed by atoms with Crippen molar-refractivity contribution in [2.45, 2.75) is 36.2 Å². The highest BCUT2D eigenvalue weighted by Gasteiger charge is 2.35. The van der Waals surface area contributed by atoms with Gasteiger partial charge in [-0.1, -0.05) is 0 Å². The average Bonchev–Trinajstić information content (AvgIpc) is 2.67. The molecule has 0 spiro atoms. The number of sulfonamides is 1. The zero-order valence-corrected chi connectivity index (χ0v) is 12.9. The van der Waals surface area contributed by atoms with Crippen LogP contribution in [0.25, 0.3) is 0 Å². The van der Waals surface area contributed by atoms with Crippen molar-refractivity contribution < 1.29 is 17.2 Å². The largest absolute Gasteiger partial charge is 0.310 e. The van der Waals surface area contributed by atoms with Gasteiger partial charge in [0.1, 0.15) is 11.6 Å². The summed E-state index contributed by atoms with van der Waals surface area (Å²) in [5.41, 5.74) is 0. The van der Waals surface area contributed by atoms with Crippen LogP contribution in [0.2, 0.25) is 0 Å². The Morgan fingerprint density at radius 1 is 1.05 bits per heavy atom. The summed E-state index contributed by atoms with van der Waals surface area (Å²) in [5, 5.41) is 3.37. The maximum Gasteiger partial charge on any atom is 0.243 e. The number of nitrogens with one attached hydrogen (secondary N) is 1. The molecular weight excluding hydrogens is 322 g/mol. The van der Waals surface area contributed by atoms with Crippen LogP contribution in [0, 0.1) is 11.6 Å². The van der Waals surface area contributed by atoms with Crippen molar-refractivity contribution in [3.05, 3.63) is 29.8 Å². The van der Waals surface area contributed by atoms with Crippen LogP contribution in [0.5, 0.6) is 0 Å². The SMILES string of the molecule is Cl.O=S(=O)(c1cc(F)cc(F)c1)N1CCC2CCC(C1)N2. The van der Waals surface area contributed by atoms with Gasteiger partial charge in [-0.15, -0.1) is 12.4 Å². The van der Waals surface area contributed by atoms with E-state index in [9.17, 15) is 17.2 Å². The Morgan fingerprint density at radius 2 is 1.67 bits per heavy atom. The quantitative estimate of drug-likeness (QED) is 0.896. The van der Waals surface area contributed by atoms with Gasteiger partial charge in [-0.05, 0) is 31.4 Å². The zero-order valence-electron chi connectivity index (χ0n) is 11.3. The molecule has 2 aliphatic rings. The molecule has 4 nitrogen and oxygen atoms in total. The van der Waals surface area contributed by atoms with Crippen LogP contribution in [0.4, 0.5) is 8.78 Å². The first-order valence-electron chi connectivity index (χ1n) is 6.67. The molecule has 2 saturated heterocycles. The molecular formula is C13H17ClF2N2O2S. The molecule has 21 heavy (non-hydrogen) atoms. The van der Waals surface area contributed by atoms with Gasteiger partial charge in [0.2, 0.25) is 10.0 Å². The van der Waals surface area contributed by atoms with E-state index in [1.54, 1.807) is 0 Å². The molecule has 2 fully saturated rings. The Bertz CT molecular complexity index is 606. The van der Waals surface area contributed by atoms with Gasteiger partial charge in [-0.25, -0.2) is 17.2 Å². The van der Waals surface area contributed by atoms with E-state index < -0.39 is 21.7 Å². The molecule has 2 unspecified atom stereocenters. The fourth-order valence-electron chi connectivity index (χ4n) is 2.96. The summed E-state index contributed by atoms with van der Waals surface area (Å²) in [6.07, 6.45) is 2.73. The predicted molar refractivity (Wildman–Crippen MR) is 76.9 cm³/mol. The second-order valence-corrected chi connectivity index (χ2v) is 7.33. The van der Waals surface area contributed by atoms with Crippen molar-refractivity contribution >= 4 is 22.4 Å². The predicted octanol–water partition coefficient (Wildman–Crippen LogP) is 1.90. The highest BCUT2D eigenvalue weighted by Crippen LogP contribution is 2.25. The minimum absolute atomic E-state index is 0. The lowest BCUT2D eigenvalue weighted by Crippen LogP contribution is -2.39. The molecule has 2 aliphatic heterocycles. The van der Waals surface area contributed by atoms with Crippen LogP contribution >= 0.6 is 12.4 Å². The lowest BCUT2D eigenvalue weighted by atomic mass is 10.1. The molecule has 0 aromatic heterocycles. The van der Waals surface area contributed by atoms with Crippen LogP contribution < -0.4 is 5.32 Å². The number of hydrogen-bond donors (Lipinski definition) is 1. The van der Waals surface area contributed by atoms with Crippen LogP contribution in [0.3, 0.4) is 0 Å². The molecule has 1 N–H and O–H groups in total. The molecule has 8 heteroatoms. The topological polar surface area (TPSA) is 49.4 Å². The molecule has 1 aromatic rings. The Labute approximate surface area is 129 Å². The molecule has 2 bridgehead atoms. The third-order valence-corrected chi connectivity index (χ3v) is 5.80. The molecule has 1 aromatic carbocycles. The minimum atomic E-state index is -3.84. The Balaban J connectivity index is 0.00000161. The maximum absolute atomic E-state index is 13.2. The standard InChI is InChI=1S/C13H16F2N2O2S.ClH/c14-9-5-10(15)7-13(6-9)20(18,19)17-4-3-11-1-2-12(8-17)16-11;/h5-7,11-12,16H,1-4,8H2;1H. The van der Waals surface area contributed by atoms with Gasteiger partial charge in [0.25, 0.3) is 0 Å². The fourth-order valence-corrected chi connectivity index (χ4v) is 4.50. The zero-order chi connectivity index (χ0) is 14.3. The lowest BCUT2D eigenvalue weighted by Gasteiger charge is -2.23. The first-order chi connectivity index (χ1) is 9.45. The molecule has 2 heterocycles. The molecule has 0 aliphatic carbocycles. The van der Waals surface area contributed by atoms with Gasteiger partial charge in [0, 0.05) is 31.2 Å². The second kappa shape index (κ2) is 6.16. The van der Waals surface area contributed by atoms with Crippen LogP contribution in [0.15, 0.2) is 23.1 Å². The van der Waals surface area contributed by atoms with E-state index in [1.165, 1.54) is 4.31 Å². The number of halogens is 3. The smallest absolute Gasteiger partial charge is 0.243 e. The Hall–Kier alpha value is -0.760. The van der Waals surface area contributed by atoms with Crippen molar-refractivity contribution in [3.8, 4) is 0 Å².